The number of hydrogen-bond acceptors (Lipinski definition) is 3. The van der Waals surface area contributed by atoms with Crippen LogP contribution in [0.1, 0.15) is 46.8 Å². The molecule has 2 heterocycles. The van der Waals surface area contributed by atoms with Crippen molar-refractivity contribution in [2.45, 2.75) is 53.0 Å². The molecule has 0 bridgehead atoms. The third-order valence-corrected chi connectivity index (χ3v) is 6.97. The number of benzene rings is 3. The molecule has 35 heavy (non-hydrogen) atoms. The van der Waals surface area contributed by atoms with Crippen molar-refractivity contribution in [2.75, 3.05) is 18.1 Å². The molecule has 3 aromatic carbocycles. The zero-order valence-electron chi connectivity index (χ0n) is 21.0. The van der Waals surface area contributed by atoms with Crippen molar-refractivity contribution in [1.29, 1.82) is 0 Å². The fraction of sp³-hybridized carbons (Fsp3) is 0.333. The number of amides is 1. The number of ether oxygens (including phenoxy) is 1. The van der Waals surface area contributed by atoms with Gasteiger partial charge in [0.25, 0.3) is 0 Å². The van der Waals surface area contributed by atoms with Gasteiger partial charge in [-0.25, -0.2) is 4.98 Å². The lowest BCUT2D eigenvalue weighted by atomic mass is 10.1. The summed E-state index contributed by atoms with van der Waals surface area (Å²) in [6.45, 7) is 10.5. The zero-order chi connectivity index (χ0) is 24.5. The van der Waals surface area contributed by atoms with Gasteiger partial charge in [0.05, 0.1) is 17.6 Å². The highest BCUT2D eigenvalue weighted by Crippen LogP contribution is 2.34. The van der Waals surface area contributed by atoms with Crippen LogP contribution in [0.2, 0.25) is 0 Å². The molecule has 180 valence electrons. The number of aromatic nitrogens is 2. The Morgan fingerprint density at radius 3 is 2.49 bits per heavy atom. The van der Waals surface area contributed by atoms with Crippen LogP contribution < -0.4 is 9.64 Å². The van der Waals surface area contributed by atoms with Gasteiger partial charge in [-0.05, 0) is 92.8 Å². The summed E-state index contributed by atoms with van der Waals surface area (Å²) in [6.07, 6.45) is 1.34. The Morgan fingerprint density at radius 2 is 1.71 bits per heavy atom. The summed E-state index contributed by atoms with van der Waals surface area (Å²) >= 11 is 0. The van der Waals surface area contributed by atoms with E-state index in [2.05, 4.69) is 86.9 Å². The number of carbonyl (C=O) groups is 1. The van der Waals surface area contributed by atoms with Gasteiger partial charge in [-0.2, -0.15) is 0 Å². The fourth-order valence-electron chi connectivity index (χ4n) is 5.09. The maximum absolute atomic E-state index is 13.0. The monoisotopic (exact) mass is 467 g/mol. The topological polar surface area (TPSA) is 47.4 Å². The number of imidazole rings is 1. The van der Waals surface area contributed by atoms with Crippen molar-refractivity contribution < 1.29 is 9.53 Å². The van der Waals surface area contributed by atoms with E-state index >= 15 is 0 Å². The number of hydrogen-bond donors (Lipinski definition) is 0. The first-order chi connectivity index (χ1) is 16.9. The smallest absolute Gasteiger partial charge is 0.227 e. The Balaban J connectivity index is 1.35. The van der Waals surface area contributed by atoms with E-state index in [0.717, 1.165) is 41.3 Å². The van der Waals surface area contributed by atoms with Crippen molar-refractivity contribution in [1.82, 2.24) is 9.55 Å². The van der Waals surface area contributed by atoms with Gasteiger partial charge < -0.3 is 14.2 Å². The van der Waals surface area contributed by atoms with E-state index in [1.807, 2.05) is 11.0 Å². The normalized spacial score (nSPS) is 15.8. The number of aryl methyl sites for hydroxylation is 5. The number of fused-ring (bicyclic) bond motifs is 1. The molecule has 1 amide bonds. The van der Waals surface area contributed by atoms with Gasteiger partial charge in [0.2, 0.25) is 5.91 Å². The van der Waals surface area contributed by atoms with Crippen molar-refractivity contribution in [3.8, 4) is 5.75 Å². The molecule has 0 spiro atoms. The Labute approximate surface area is 207 Å². The molecule has 1 aromatic heterocycles. The lowest BCUT2D eigenvalue weighted by molar-refractivity contribution is -0.117. The van der Waals surface area contributed by atoms with Gasteiger partial charge in [0, 0.05) is 31.1 Å². The zero-order valence-corrected chi connectivity index (χ0v) is 21.0. The fourth-order valence-corrected chi connectivity index (χ4v) is 5.09. The van der Waals surface area contributed by atoms with E-state index in [1.54, 1.807) is 0 Å². The third-order valence-electron chi connectivity index (χ3n) is 6.97. The molecule has 1 aliphatic rings. The summed E-state index contributed by atoms with van der Waals surface area (Å²) in [6, 6.07) is 20.8. The standard InChI is InChI=1S/C30H33N3O2/c1-20-14-21(2)16-26(15-20)35-13-7-12-32-28-9-6-5-8-27(28)31-30(32)24-18-29(34)33(19-24)25-11-10-22(3)23(4)17-25/h5-6,8-11,14-17,24H,7,12-13,18-19H2,1-4H3. The van der Waals surface area contributed by atoms with Crippen LogP contribution in [0.4, 0.5) is 5.69 Å². The molecule has 0 aliphatic carbocycles. The molecule has 5 heteroatoms. The average molecular weight is 468 g/mol. The first-order valence-electron chi connectivity index (χ1n) is 12.4. The molecule has 0 saturated carbocycles. The predicted molar refractivity (Wildman–Crippen MR) is 141 cm³/mol. The average Bonchev–Trinajstić information content (AvgIpc) is 3.38. The highest BCUT2D eigenvalue weighted by Gasteiger charge is 2.34. The molecule has 5 rings (SSSR count). The van der Waals surface area contributed by atoms with Crippen LogP contribution in [-0.2, 0) is 11.3 Å². The SMILES string of the molecule is Cc1cc(C)cc(OCCCn2c(C3CC(=O)N(c4ccc(C)c(C)c4)C3)nc3ccccc32)c1. The summed E-state index contributed by atoms with van der Waals surface area (Å²) in [7, 11) is 0. The molecule has 1 atom stereocenters. The summed E-state index contributed by atoms with van der Waals surface area (Å²) in [5.74, 6) is 2.15. The largest absolute Gasteiger partial charge is 0.494 e. The summed E-state index contributed by atoms with van der Waals surface area (Å²) in [4.78, 5) is 19.9. The second kappa shape index (κ2) is 9.57. The van der Waals surface area contributed by atoms with E-state index in [1.165, 1.54) is 22.3 Å². The molecule has 1 fully saturated rings. The Bertz CT molecular complexity index is 1370. The second-order valence-corrected chi connectivity index (χ2v) is 9.81. The lowest BCUT2D eigenvalue weighted by Gasteiger charge is -2.18. The lowest BCUT2D eigenvalue weighted by Crippen LogP contribution is -2.24. The number of rotatable bonds is 7. The van der Waals surface area contributed by atoms with Crippen LogP contribution in [0.25, 0.3) is 11.0 Å². The highest BCUT2D eigenvalue weighted by molar-refractivity contribution is 5.96. The summed E-state index contributed by atoms with van der Waals surface area (Å²) in [5.41, 5.74) is 7.94. The van der Waals surface area contributed by atoms with Crippen LogP contribution in [0.5, 0.6) is 5.75 Å². The van der Waals surface area contributed by atoms with Crippen LogP contribution in [0.3, 0.4) is 0 Å². The predicted octanol–water partition coefficient (Wildman–Crippen LogP) is 6.26. The summed E-state index contributed by atoms with van der Waals surface area (Å²) < 4.78 is 8.35. The molecular weight excluding hydrogens is 434 g/mol. The number of para-hydroxylation sites is 2. The van der Waals surface area contributed by atoms with E-state index in [0.29, 0.717) is 19.6 Å². The van der Waals surface area contributed by atoms with E-state index in [9.17, 15) is 4.79 Å². The number of carbonyl (C=O) groups excluding carboxylic acids is 1. The van der Waals surface area contributed by atoms with Gasteiger partial charge >= 0.3 is 0 Å². The van der Waals surface area contributed by atoms with Crippen LogP contribution in [0.15, 0.2) is 60.7 Å². The van der Waals surface area contributed by atoms with E-state index < -0.39 is 0 Å². The van der Waals surface area contributed by atoms with E-state index in [4.69, 9.17) is 9.72 Å². The first kappa shape index (κ1) is 23.2. The Kier molecular flexibility index (Phi) is 6.33. The maximum Gasteiger partial charge on any atom is 0.227 e. The van der Waals surface area contributed by atoms with Crippen LogP contribution in [-0.4, -0.2) is 28.6 Å². The molecule has 1 saturated heterocycles. The quantitative estimate of drug-likeness (QED) is 0.301. The van der Waals surface area contributed by atoms with Crippen molar-refractivity contribution in [3.05, 3.63) is 88.7 Å². The maximum atomic E-state index is 13.0. The van der Waals surface area contributed by atoms with Gasteiger partial charge in [0.1, 0.15) is 11.6 Å². The van der Waals surface area contributed by atoms with Crippen molar-refractivity contribution in [2.24, 2.45) is 0 Å². The minimum Gasteiger partial charge on any atom is -0.494 e. The summed E-state index contributed by atoms with van der Waals surface area (Å²) in [5, 5.41) is 0. The van der Waals surface area contributed by atoms with E-state index in [-0.39, 0.29) is 11.8 Å². The molecule has 1 unspecified atom stereocenters. The van der Waals surface area contributed by atoms with Crippen LogP contribution >= 0.6 is 0 Å². The molecular formula is C30H33N3O2. The first-order valence-corrected chi connectivity index (χ1v) is 12.4. The van der Waals surface area contributed by atoms with Gasteiger partial charge in [-0.1, -0.05) is 24.3 Å². The minimum absolute atomic E-state index is 0.0665. The Morgan fingerprint density at radius 1 is 0.943 bits per heavy atom. The van der Waals surface area contributed by atoms with Crippen molar-refractivity contribution >= 4 is 22.6 Å². The minimum atomic E-state index is 0.0665. The third kappa shape index (κ3) is 4.81. The van der Waals surface area contributed by atoms with Gasteiger partial charge in [-0.3, -0.25) is 4.79 Å². The van der Waals surface area contributed by atoms with Crippen LogP contribution in [0, 0.1) is 27.7 Å². The Hall–Kier alpha value is -3.60. The molecule has 4 aromatic rings. The van der Waals surface area contributed by atoms with Crippen molar-refractivity contribution in [3.63, 3.8) is 0 Å². The number of anilines is 1. The number of nitrogens with zero attached hydrogens (tertiary/aromatic N) is 3. The second-order valence-electron chi connectivity index (χ2n) is 9.81. The molecule has 0 radical (unpaired) electrons. The van der Waals surface area contributed by atoms with Gasteiger partial charge in [-0.15, -0.1) is 0 Å². The molecule has 1 aliphatic heterocycles. The molecule has 0 N–H and O–H groups in total. The molecule has 5 nitrogen and oxygen atoms in total. The van der Waals surface area contributed by atoms with Gasteiger partial charge in [0.15, 0.2) is 0 Å². The highest BCUT2D eigenvalue weighted by atomic mass is 16.5.